The standard InChI is InChI=1S/C35H59NO3/c1-3-5-7-9-11-13-15-16-17-18-19-20-21-23-25-27-29-31-35(39)36-33(32-37)34(38)30-28-26-24-22-14-12-10-8-6-4-2/h5-8,11,13-14,16-17,22,28,30,33-34,37-38H,3-4,9-10,12,15,18-21,23-27,29,31-32H2,1-2H3,(H,36,39)/b7-5-,8-6+,13-11-,17-16-,22-14+,30-28+. The van der Waals surface area contributed by atoms with Crippen LogP contribution in [0.2, 0.25) is 0 Å². The lowest BCUT2D eigenvalue weighted by atomic mass is 10.1. The molecular weight excluding hydrogens is 482 g/mol. The predicted molar refractivity (Wildman–Crippen MR) is 170 cm³/mol. The minimum atomic E-state index is -0.874. The van der Waals surface area contributed by atoms with Gasteiger partial charge in [0.2, 0.25) is 5.91 Å². The number of nitrogens with one attached hydrogen (secondary N) is 1. The number of hydrogen-bond donors (Lipinski definition) is 3. The van der Waals surface area contributed by atoms with Gasteiger partial charge < -0.3 is 15.5 Å². The number of carbonyl (C=O) groups is 1. The normalized spacial score (nSPS) is 14.3. The summed E-state index contributed by atoms with van der Waals surface area (Å²) >= 11 is 0. The number of rotatable bonds is 26. The topological polar surface area (TPSA) is 69.6 Å². The third-order valence-corrected chi connectivity index (χ3v) is 6.41. The third kappa shape index (κ3) is 27.2. The SMILES string of the molecule is CC/C=C\C/C=C\C/C=C\CCCCCCCCCC(=O)NC(CO)C(O)/C=C/CC/C=C/CC/C=C/CC. The highest BCUT2D eigenvalue weighted by Crippen LogP contribution is 2.10. The summed E-state index contributed by atoms with van der Waals surface area (Å²) in [7, 11) is 0. The molecule has 2 atom stereocenters. The molecule has 0 aliphatic carbocycles. The first-order valence-electron chi connectivity index (χ1n) is 15.7. The maximum Gasteiger partial charge on any atom is 0.220 e. The smallest absolute Gasteiger partial charge is 0.220 e. The monoisotopic (exact) mass is 541 g/mol. The van der Waals surface area contributed by atoms with E-state index < -0.39 is 12.1 Å². The van der Waals surface area contributed by atoms with Gasteiger partial charge in [0.25, 0.3) is 0 Å². The van der Waals surface area contributed by atoms with Gasteiger partial charge in [0.15, 0.2) is 0 Å². The minimum Gasteiger partial charge on any atom is -0.394 e. The highest BCUT2D eigenvalue weighted by atomic mass is 16.3. The molecule has 0 bridgehead atoms. The molecule has 222 valence electrons. The first-order valence-corrected chi connectivity index (χ1v) is 15.7. The highest BCUT2D eigenvalue weighted by molar-refractivity contribution is 5.76. The number of carbonyl (C=O) groups excluding carboxylic acids is 1. The van der Waals surface area contributed by atoms with E-state index in [4.69, 9.17) is 0 Å². The van der Waals surface area contributed by atoms with Crippen molar-refractivity contribution in [3.8, 4) is 0 Å². The molecule has 0 saturated carbocycles. The van der Waals surface area contributed by atoms with Crippen molar-refractivity contribution in [2.24, 2.45) is 0 Å². The van der Waals surface area contributed by atoms with E-state index in [2.05, 4.69) is 79.9 Å². The predicted octanol–water partition coefficient (Wildman–Crippen LogP) is 8.83. The van der Waals surface area contributed by atoms with Crippen molar-refractivity contribution in [3.63, 3.8) is 0 Å². The zero-order chi connectivity index (χ0) is 28.7. The molecular formula is C35H59NO3. The average Bonchev–Trinajstić information content (AvgIpc) is 2.94. The number of amides is 1. The van der Waals surface area contributed by atoms with Crippen molar-refractivity contribution in [1.29, 1.82) is 0 Å². The second-order valence-electron chi connectivity index (χ2n) is 10.1. The van der Waals surface area contributed by atoms with Crippen LogP contribution in [-0.4, -0.2) is 34.9 Å². The van der Waals surface area contributed by atoms with E-state index >= 15 is 0 Å². The van der Waals surface area contributed by atoms with Crippen LogP contribution in [-0.2, 0) is 4.79 Å². The fourth-order valence-corrected chi connectivity index (χ4v) is 4.05. The molecule has 4 heteroatoms. The van der Waals surface area contributed by atoms with Crippen LogP contribution in [0.3, 0.4) is 0 Å². The van der Waals surface area contributed by atoms with Gasteiger partial charge in [0, 0.05) is 6.42 Å². The summed E-state index contributed by atoms with van der Waals surface area (Å²) in [4.78, 5) is 12.2. The third-order valence-electron chi connectivity index (χ3n) is 6.41. The Bertz CT molecular complexity index is 717. The number of allylic oxidation sites excluding steroid dienone is 11. The van der Waals surface area contributed by atoms with Gasteiger partial charge in [-0.2, -0.15) is 0 Å². The second-order valence-corrected chi connectivity index (χ2v) is 10.1. The molecule has 0 fully saturated rings. The van der Waals surface area contributed by atoms with Gasteiger partial charge in [0.1, 0.15) is 0 Å². The van der Waals surface area contributed by atoms with Crippen LogP contribution in [0.25, 0.3) is 0 Å². The highest BCUT2D eigenvalue weighted by Gasteiger charge is 2.17. The Morgan fingerprint density at radius 3 is 1.69 bits per heavy atom. The minimum absolute atomic E-state index is 0.0967. The summed E-state index contributed by atoms with van der Waals surface area (Å²) in [5.41, 5.74) is 0. The molecule has 1 amide bonds. The molecule has 0 heterocycles. The molecule has 0 rings (SSSR count). The number of aliphatic hydroxyl groups excluding tert-OH is 2. The Hall–Kier alpha value is -2.17. The molecule has 3 N–H and O–H groups in total. The quantitative estimate of drug-likeness (QED) is 0.0757. The largest absolute Gasteiger partial charge is 0.394 e. The Kier molecular flexibility index (Phi) is 28.7. The molecule has 0 radical (unpaired) electrons. The zero-order valence-electron chi connectivity index (χ0n) is 25.1. The van der Waals surface area contributed by atoms with Crippen molar-refractivity contribution in [1.82, 2.24) is 5.32 Å². The molecule has 0 aromatic heterocycles. The van der Waals surface area contributed by atoms with Gasteiger partial charge in [-0.3, -0.25) is 4.79 Å². The summed E-state index contributed by atoms with van der Waals surface area (Å²) in [6.45, 7) is 4.02. The molecule has 0 spiro atoms. The van der Waals surface area contributed by atoms with Crippen molar-refractivity contribution in [2.75, 3.05) is 6.61 Å². The lowest BCUT2D eigenvalue weighted by molar-refractivity contribution is -0.123. The summed E-state index contributed by atoms with van der Waals surface area (Å²) in [5.74, 6) is -0.0967. The van der Waals surface area contributed by atoms with Crippen LogP contribution in [0.4, 0.5) is 0 Å². The van der Waals surface area contributed by atoms with Crippen LogP contribution in [0.1, 0.15) is 123 Å². The summed E-state index contributed by atoms with van der Waals surface area (Å²) in [5, 5.41) is 22.7. The van der Waals surface area contributed by atoms with E-state index in [1.807, 2.05) is 6.08 Å². The molecule has 0 aromatic rings. The number of hydrogen-bond acceptors (Lipinski definition) is 3. The van der Waals surface area contributed by atoms with Gasteiger partial charge in [-0.15, -0.1) is 0 Å². The molecule has 0 aliphatic rings. The van der Waals surface area contributed by atoms with E-state index in [9.17, 15) is 15.0 Å². The van der Waals surface area contributed by atoms with E-state index in [0.29, 0.717) is 6.42 Å². The molecule has 39 heavy (non-hydrogen) atoms. The molecule has 0 aromatic carbocycles. The zero-order valence-corrected chi connectivity index (χ0v) is 25.1. The van der Waals surface area contributed by atoms with Gasteiger partial charge >= 0.3 is 0 Å². The van der Waals surface area contributed by atoms with Crippen molar-refractivity contribution >= 4 is 5.91 Å². The van der Waals surface area contributed by atoms with E-state index in [1.165, 1.54) is 25.7 Å². The second kappa shape index (κ2) is 30.4. The van der Waals surface area contributed by atoms with Crippen molar-refractivity contribution in [3.05, 3.63) is 72.9 Å². The Balaban J connectivity index is 3.75. The summed E-state index contributed by atoms with van der Waals surface area (Å²) < 4.78 is 0. The van der Waals surface area contributed by atoms with Crippen LogP contribution >= 0.6 is 0 Å². The lowest BCUT2D eigenvalue weighted by Gasteiger charge is -2.19. The van der Waals surface area contributed by atoms with Gasteiger partial charge in [-0.1, -0.05) is 119 Å². The van der Waals surface area contributed by atoms with Crippen LogP contribution in [0, 0.1) is 0 Å². The fourth-order valence-electron chi connectivity index (χ4n) is 4.05. The first kappa shape index (κ1) is 36.8. The molecule has 4 nitrogen and oxygen atoms in total. The van der Waals surface area contributed by atoms with Crippen molar-refractivity contribution < 1.29 is 15.0 Å². The van der Waals surface area contributed by atoms with Crippen LogP contribution < -0.4 is 5.32 Å². The number of unbranched alkanes of at least 4 members (excludes halogenated alkanes) is 9. The van der Waals surface area contributed by atoms with Crippen LogP contribution in [0.5, 0.6) is 0 Å². The summed E-state index contributed by atoms with van der Waals surface area (Å²) in [6.07, 6.45) is 42.6. The molecule has 2 unspecified atom stereocenters. The van der Waals surface area contributed by atoms with E-state index in [0.717, 1.165) is 77.0 Å². The maximum atomic E-state index is 12.2. The number of aliphatic hydroxyl groups is 2. The Labute approximate surface area is 240 Å². The fraction of sp³-hybridized carbons (Fsp3) is 0.629. The van der Waals surface area contributed by atoms with Gasteiger partial charge in [0.05, 0.1) is 18.8 Å². The lowest BCUT2D eigenvalue weighted by Crippen LogP contribution is -2.45. The van der Waals surface area contributed by atoms with E-state index in [1.54, 1.807) is 6.08 Å². The average molecular weight is 542 g/mol. The van der Waals surface area contributed by atoms with Gasteiger partial charge in [-0.25, -0.2) is 0 Å². The van der Waals surface area contributed by atoms with Crippen LogP contribution in [0.15, 0.2) is 72.9 Å². The molecule has 0 saturated heterocycles. The first-order chi connectivity index (χ1) is 19.2. The Morgan fingerprint density at radius 2 is 1.08 bits per heavy atom. The van der Waals surface area contributed by atoms with Crippen molar-refractivity contribution in [2.45, 2.75) is 135 Å². The maximum absolute atomic E-state index is 12.2. The van der Waals surface area contributed by atoms with Gasteiger partial charge in [-0.05, 0) is 70.6 Å². The molecule has 0 aliphatic heterocycles. The Morgan fingerprint density at radius 1 is 0.615 bits per heavy atom. The van der Waals surface area contributed by atoms with E-state index in [-0.39, 0.29) is 12.5 Å². The summed E-state index contributed by atoms with van der Waals surface area (Å²) in [6, 6.07) is -0.650.